The number of hydrogen-bond acceptors (Lipinski definition) is 5. The average molecular weight is 494 g/mol. The van der Waals surface area contributed by atoms with Crippen LogP contribution in [0.4, 0.5) is 0 Å². The number of aliphatic hydroxyl groups is 1. The molecule has 0 aliphatic carbocycles. The van der Waals surface area contributed by atoms with Gasteiger partial charge in [-0.25, -0.2) is 0 Å². The van der Waals surface area contributed by atoms with Gasteiger partial charge in [-0.2, -0.15) is 0 Å². The van der Waals surface area contributed by atoms with Gasteiger partial charge in [0.05, 0.1) is 17.4 Å². The number of nitrogens with zero attached hydrogens (tertiary/aromatic N) is 3. The van der Waals surface area contributed by atoms with Crippen LogP contribution in [0.1, 0.15) is 31.7 Å². The van der Waals surface area contributed by atoms with E-state index in [2.05, 4.69) is 0 Å². The molecule has 1 aromatic rings. The SMILES string of the molecule is CC[C@]12C=CCN(C)C(=O)[C@H]1[C@H]1C(=O)N(CCCCO)C3C(=O)N(Cc4ccccc4)CC=C[C@@]31O2. The molecule has 0 radical (unpaired) electrons. The number of rotatable bonds is 7. The van der Waals surface area contributed by atoms with Crippen LogP contribution in [-0.4, -0.2) is 88.1 Å². The molecule has 5 atom stereocenters. The molecule has 1 unspecified atom stereocenters. The minimum atomic E-state index is -1.22. The van der Waals surface area contributed by atoms with Gasteiger partial charge in [0, 0.05) is 39.8 Å². The quantitative estimate of drug-likeness (QED) is 0.462. The molecule has 36 heavy (non-hydrogen) atoms. The molecule has 8 heteroatoms. The average Bonchev–Trinajstić information content (AvgIpc) is 3.18. The standard InChI is InChI=1S/C28H35N3O5/c1-3-27-13-9-15-29(2)24(33)21(27)22-25(34)31(17-7-8-18-32)23-26(35)30(16-10-14-28(22,23)36-27)19-20-11-5-4-6-12-20/h4-6,9-14,21-23,32H,3,7-8,15-19H2,1-2H3/t21-,22+,23?,27+,28+/m1/s1. The normalized spacial score (nSPS) is 33.5. The summed E-state index contributed by atoms with van der Waals surface area (Å²) in [6, 6.07) is 8.92. The van der Waals surface area contributed by atoms with Gasteiger partial charge in [0.15, 0.2) is 0 Å². The summed E-state index contributed by atoms with van der Waals surface area (Å²) >= 11 is 0. The lowest BCUT2D eigenvalue weighted by Gasteiger charge is -2.38. The Morgan fingerprint density at radius 1 is 0.972 bits per heavy atom. The first-order chi connectivity index (χ1) is 17.4. The molecular weight excluding hydrogens is 458 g/mol. The summed E-state index contributed by atoms with van der Waals surface area (Å²) in [5.41, 5.74) is -1.17. The van der Waals surface area contributed by atoms with E-state index < -0.39 is 29.1 Å². The van der Waals surface area contributed by atoms with Gasteiger partial charge < -0.3 is 24.5 Å². The monoisotopic (exact) mass is 493 g/mol. The molecule has 0 aromatic heterocycles. The highest BCUT2D eigenvalue weighted by atomic mass is 16.5. The zero-order valence-electron chi connectivity index (χ0n) is 21.0. The summed E-state index contributed by atoms with van der Waals surface area (Å²) in [6.07, 6.45) is 9.30. The van der Waals surface area contributed by atoms with Crippen molar-refractivity contribution >= 4 is 17.7 Å². The van der Waals surface area contributed by atoms with E-state index in [9.17, 15) is 19.5 Å². The Kier molecular flexibility index (Phi) is 6.51. The summed E-state index contributed by atoms with van der Waals surface area (Å²) < 4.78 is 6.89. The molecular formula is C28H35N3O5. The molecule has 4 aliphatic rings. The van der Waals surface area contributed by atoms with Crippen molar-refractivity contribution in [2.75, 3.05) is 33.3 Å². The number of hydrogen-bond donors (Lipinski definition) is 1. The number of amides is 3. The van der Waals surface area contributed by atoms with Gasteiger partial charge in [0.1, 0.15) is 11.6 Å². The third kappa shape index (κ3) is 3.69. The van der Waals surface area contributed by atoms with Crippen LogP contribution in [0, 0.1) is 11.8 Å². The fourth-order valence-electron chi connectivity index (χ4n) is 6.51. The minimum absolute atomic E-state index is 0.0153. The second kappa shape index (κ2) is 9.48. The lowest BCUT2D eigenvalue weighted by atomic mass is 9.73. The molecule has 1 N–H and O–H groups in total. The maximum absolute atomic E-state index is 14.2. The number of carbonyl (C=O) groups excluding carboxylic acids is 3. The Hall–Kier alpha value is -2.97. The molecule has 192 valence electrons. The molecule has 1 spiro atoms. The van der Waals surface area contributed by atoms with Gasteiger partial charge in [-0.3, -0.25) is 14.4 Å². The van der Waals surface area contributed by atoms with Crippen molar-refractivity contribution < 1.29 is 24.2 Å². The first-order valence-electron chi connectivity index (χ1n) is 12.9. The van der Waals surface area contributed by atoms with E-state index in [1.54, 1.807) is 21.7 Å². The largest absolute Gasteiger partial charge is 0.396 e. The smallest absolute Gasteiger partial charge is 0.249 e. The van der Waals surface area contributed by atoms with Crippen molar-refractivity contribution in [1.82, 2.24) is 14.7 Å². The fraction of sp³-hybridized carbons (Fsp3) is 0.536. The van der Waals surface area contributed by atoms with Crippen LogP contribution >= 0.6 is 0 Å². The Balaban J connectivity index is 1.59. The van der Waals surface area contributed by atoms with E-state index in [4.69, 9.17) is 4.74 Å². The number of fused-ring (bicyclic) bond motifs is 2. The van der Waals surface area contributed by atoms with Gasteiger partial charge in [-0.05, 0) is 24.8 Å². The zero-order valence-corrected chi connectivity index (χ0v) is 21.0. The fourth-order valence-corrected chi connectivity index (χ4v) is 6.51. The van der Waals surface area contributed by atoms with Crippen molar-refractivity contribution in [1.29, 1.82) is 0 Å². The molecule has 2 fully saturated rings. The van der Waals surface area contributed by atoms with E-state index in [0.29, 0.717) is 45.4 Å². The number of unbranched alkanes of at least 4 members (excludes halogenated alkanes) is 1. The molecule has 1 aromatic carbocycles. The Morgan fingerprint density at radius 3 is 2.44 bits per heavy atom. The second-order valence-corrected chi connectivity index (χ2v) is 10.3. The van der Waals surface area contributed by atoms with Crippen LogP contribution in [0.2, 0.25) is 0 Å². The lowest BCUT2D eigenvalue weighted by Crippen LogP contribution is -2.56. The summed E-state index contributed by atoms with van der Waals surface area (Å²) in [5, 5.41) is 9.34. The maximum atomic E-state index is 14.2. The van der Waals surface area contributed by atoms with Crippen LogP contribution in [0.5, 0.6) is 0 Å². The van der Waals surface area contributed by atoms with Gasteiger partial charge in [0.2, 0.25) is 17.7 Å². The number of likely N-dealkylation sites (N-methyl/N-ethyl adjacent to an activating group) is 1. The third-order valence-electron chi connectivity index (χ3n) is 8.25. The van der Waals surface area contributed by atoms with Crippen LogP contribution in [0.25, 0.3) is 0 Å². The maximum Gasteiger partial charge on any atom is 0.249 e. The summed E-state index contributed by atoms with van der Waals surface area (Å²) in [7, 11) is 1.75. The number of ether oxygens (including phenoxy) is 1. The van der Waals surface area contributed by atoms with Crippen molar-refractivity contribution in [3.05, 3.63) is 60.2 Å². The van der Waals surface area contributed by atoms with E-state index in [1.807, 2.05) is 61.6 Å². The highest BCUT2D eigenvalue weighted by Gasteiger charge is 2.75. The Bertz CT molecular complexity index is 1090. The van der Waals surface area contributed by atoms with Crippen molar-refractivity contribution in [2.45, 2.75) is 50.0 Å². The third-order valence-corrected chi connectivity index (χ3v) is 8.25. The van der Waals surface area contributed by atoms with Gasteiger partial charge >= 0.3 is 0 Å². The van der Waals surface area contributed by atoms with Crippen LogP contribution in [0.15, 0.2) is 54.6 Å². The predicted octanol–water partition coefficient (Wildman–Crippen LogP) is 1.75. The van der Waals surface area contributed by atoms with Crippen molar-refractivity contribution in [2.24, 2.45) is 11.8 Å². The molecule has 4 heterocycles. The minimum Gasteiger partial charge on any atom is -0.396 e. The van der Waals surface area contributed by atoms with Crippen molar-refractivity contribution in [3.8, 4) is 0 Å². The molecule has 8 nitrogen and oxygen atoms in total. The number of aliphatic hydroxyl groups excluding tert-OH is 1. The number of carbonyl (C=O) groups is 3. The van der Waals surface area contributed by atoms with Gasteiger partial charge in [-0.1, -0.05) is 61.6 Å². The number of likely N-dealkylation sites (tertiary alicyclic amines) is 1. The molecule has 4 aliphatic heterocycles. The molecule has 0 bridgehead atoms. The van der Waals surface area contributed by atoms with Crippen LogP contribution < -0.4 is 0 Å². The molecule has 0 saturated carbocycles. The molecule has 3 amide bonds. The summed E-state index contributed by atoms with van der Waals surface area (Å²) in [4.78, 5) is 47.0. The van der Waals surface area contributed by atoms with Gasteiger partial charge in [-0.15, -0.1) is 0 Å². The zero-order chi connectivity index (χ0) is 25.5. The highest BCUT2D eigenvalue weighted by molar-refractivity contribution is 6.00. The first kappa shape index (κ1) is 24.7. The van der Waals surface area contributed by atoms with E-state index in [0.717, 1.165) is 5.56 Å². The lowest BCUT2D eigenvalue weighted by molar-refractivity contribution is -0.154. The van der Waals surface area contributed by atoms with Gasteiger partial charge in [0.25, 0.3) is 0 Å². The van der Waals surface area contributed by atoms with E-state index in [-0.39, 0.29) is 24.3 Å². The van der Waals surface area contributed by atoms with Crippen LogP contribution in [-0.2, 0) is 25.7 Å². The number of benzene rings is 1. The Morgan fingerprint density at radius 2 is 1.72 bits per heavy atom. The molecule has 2 saturated heterocycles. The van der Waals surface area contributed by atoms with Crippen LogP contribution in [0.3, 0.4) is 0 Å². The molecule has 5 rings (SSSR count). The van der Waals surface area contributed by atoms with E-state index in [1.165, 1.54) is 0 Å². The summed E-state index contributed by atoms with van der Waals surface area (Å²) in [6.45, 7) is 3.59. The topological polar surface area (TPSA) is 90.4 Å². The second-order valence-electron chi connectivity index (χ2n) is 10.3. The highest BCUT2D eigenvalue weighted by Crippen LogP contribution is 2.58. The first-order valence-corrected chi connectivity index (χ1v) is 12.9. The van der Waals surface area contributed by atoms with E-state index >= 15 is 0 Å². The summed E-state index contributed by atoms with van der Waals surface area (Å²) in [5.74, 6) is -2.00. The predicted molar refractivity (Wildman–Crippen MR) is 133 cm³/mol. The Labute approximate surface area is 212 Å². The van der Waals surface area contributed by atoms with Crippen molar-refractivity contribution in [3.63, 3.8) is 0 Å².